The van der Waals surface area contributed by atoms with Gasteiger partial charge in [0.2, 0.25) is 5.89 Å². The predicted octanol–water partition coefficient (Wildman–Crippen LogP) is 3.69. The molecule has 1 aromatic heterocycles. The zero-order valence-corrected chi connectivity index (χ0v) is 13.8. The first-order valence-corrected chi connectivity index (χ1v) is 8.31. The molecule has 0 unspecified atom stereocenters. The standard InChI is InChI=1S/C20H23N3O/c21-12-7-13-23(15-17-8-3-1-4-9-17)16-20-22-14-19(24-20)18-10-5-2-6-11-18/h1-6,8-11,14H,7,12-13,15-16,21H2. The van der Waals surface area contributed by atoms with Crippen molar-refractivity contribution in [2.75, 3.05) is 13.1 Å². The molecule has 0 fully saturated rings. The summed E-state index contributed by atoms with van der Waals surface area (Å²) in [6.07, 6.45) is 2.76. The van der Waals surface area contributed by atoms with Gasteiger partial charge in [-0.2, -0.15) is 0 Å². The van der Waals surface area contributed by atoms with Gasteiger partial charge < -0.3 is 10.2 Å². The van der Waals surface area contributed by atoms with Crippen molar-refractivity contribution in [3.8, 4) is 11.3 Å². The minimum atomic E-state index is 0.682. The van der Waals surface area contributed by atoms with Gasteiger partial charge in [0.15, 0.2) is 5.76 Å². The first-order chi connectivity index (χ1) is 11.8. The van der Waals surface area contributed by atoms with E-state index in [0.717, 1.165) is 36.7 Å². The lowest BCUT2D eigenvalue weighted by Gasteiger charge is -2.20. The number of nitrogens with zero attached hydrogens (tertiary/aromatic N) is 2. The molecule has 3 aromatic rings. The predicted molar refractivity (Wildman–Crippen MR) is 96.2 cm³/mol. The van der Waals surface area contributed by atoms with Gasteiger partial charge in [-0.3, -0.25) is 4.90 Å². The summed E-state index contributed by atoms with van der Waals surface area (Å²) in [4.78, 5) is 6.76. The van der Waals surface area contributed by atoms with Crippen molar-refractivity contribution in [2.24, 2.45) is 5.73 Å². The molecule has 0 aliphatic rings. The molecule has 124 valence electrons. The highest BCUT2D eigenvalue weighted by Gasteiger charge is 2.12. The minimum Gasteiger partial charge on any atom is -0.439 e. The third kappa shape index (κ3) is 4.54. The van der Waals surface area contributed by atoms with Crippen molar-refractivity contribution in [2.45, 2.75) is 19.5 Å². The summed E-state index contributed by atoms with van der Waals surface area (Å²) in [5.41, 5.74) is 8.01. The number of aromatic nitrogens is 1. The van der Waals surface area contributed by atoms with Gasteiger partial charge in [0.05, 0.1) is 12.7 Å². The van der Waals surface area contributed by atoms with Crippen LogP contribution < -0.4 is 5.73 Å². The van der Waals surface area contributed by atoms with Crippen LogP contribution >= 0.6 is 0 Å². The molecule has 0 aliphatic heterocycles. The number of rotatable bonds is 8. The third-order valence-electron chi connectivity index (χ3n) is 3.90. The normalized spacial score (nSPS) is 11.1. The summed E-state index contributed by atoms with van der Waals surface area (Å²) in [6, 6.07) is 20.5. The van der Waals surface area contributed by atoms with E-state index in [-0.39, 0.29) is 0 Å². The number of hydrogen-bond donors (Lipinski definition) is 1. The van der Waals surface area contributed by atoms with Gasteiger partial charge in [0, 0.05) is 18.7 Å². The molecule has 0 radical (unpaired) electrons. The molecule has 0 spiro atoms. The molecule has 1 heterocycles. The lowest BCUT2D eigenvalue weighted by atomic mass is 10.2. The van der Waals surface area contributed by atoms with Crippen LogP contribution in [0.4, 0.5) is 0 Å². The number of benzene rings is 2. The monoisotopic (exact) mass is 321 g/mol. The molecular formula is C20H23N3O. The van der Waals surface area contributed by atoms with E-state index in [1.807, 2.05) is 36.4 Å². The molecule has 4 nitrogen and oxygen atoms in total. The Balaban J connectivity index is 1.69. The molecule has 0 atom stereocenters. The smallest absolute Gasteiger partial charge is 0.209 e. The van der Waals surface area contributed by atoms with E-state index in [4.69, 9.17) is 10.2 Å². The van der Waals surface area contributed by atoms with Crippen LogP contribution in [0, 0.1) is 0 Å². The summed E-state index contributed by atoms with van der Waals surface area (Å²) in [6.45, 7) is 3.16. The lowest BCUT2D eigenvalue weighted by Crippen LogP contribution is -2.25. The van der Waals surface area contributed by atoms with Gasteiger partial charge in [-0.25, -0.2) is 4.98 Å². The average Bonchev–Trinajstić information content (AvgIpc) is 3.10. The largest absolute Gasteiger partial charge is 0.439 e. The summed E-state index contributed by atoms with van der Waals surface area (Å²) < 4.78 is 5.93. The van der Waals surface area contributed by atoms with Crippen molar-refractivity contribution in [3.05, 3.63) is 78.3 Å². The van der Waals surface area contributed by atoms with Crippen LogP contribution in [0.15, 0.2) is 71.3 Å². The fourth-order valence-corrected chi connectivity index (χ4v) is 2.68. The Labute approximate surface area is 142 Å². The van der Waals surface area contributed by atoms with Crippen molar-refractivity contribution in [1.82, 2.24) is 9.88 Å². The van der Waals surface area contributed by atoms with Crippen LogP contribution in [-0.2, 0) is 13.1 Å². The van der Waals surface area contributed by atoms with Crippen LogP contribution in [0.1, 0.15) is 17.9 Å². The Hall–Kier alpha value is -2.43. The van der Waals surface area contributed by atoms with E-state index >= 15 is 0 Å². The Bertz CT molecular complexity index is 725. The van der Waals surface area contributed by atoms with E-state index in [1.54, 1.807) is 6.20 Å². The van der Waals surface area contributed by atoms with E-state index < -0.39 is 0 Å². The van der Waals surface area contributed by atoms with Crippen LogP contribution in [-0.4, -0.2) is 23.0 Å². The fourth-order valence-electron chi connectivity index (χ4n) is 2.68. The molecule has 2 N–H and O–H groups in total. The fraction of sp³-hybridized carbons (Fsp3) is 0.250. The van der Waals surface area contributed by atoms with Gasteiger partial charge in [-0.05, 0) is 18.5 Å². The Morgan fingerprint density at radius 2 is 1.62 bits per heavy atom. The quantitative estimate of drug-likeness (QED) is 0.687. The second-order valence-electron chi connectivity index (χ2n) is 5.82. The third-order valence-corrected chi connectivity index (χ3v) is 3.90. The second kappa shape index (κ2) is 8.43. The highest BCUT2D eigenvalue weighted by Crippen LogP contribution is 2.20. The van der Waals surface area contributed by atoms with Crippen molar-refractivity contribution in [1.29, 1.82) is 0 Å². The SMILES string of the molecule is NCCCN(Cc1ccccc1)Cc1ncc(-c2ccccc2)o1. The van der Waals surface area contributed by atoms with Gasteiger partial charge >= 0.3 is 0 Å². The van der Waals surface area contributed by atoms with Crippen molar-refractivity contribution in [3.63, 3.8) is 0 Å². The second-order valence-corrected chi connectivity index (χ2v) is 5.82. The number of oxazole rings is 1. The van der Waals surface area contributed by atoms with Gasteiger partial charge in [0.25, 0.3) is 0 Å². The number of nitrogens with two attached hydrogens (primary N) is 1. The number of hydrogen-bond acceptors (Lipinski definition) is 4. The summed E-state index contributed by atoms with van der Waals surface area (Å²) >= 11 is 0. The highest BCUT2D eigenvalue weighted by molar-refractivity contribution is 5.55. The van der Waals surface area contributed by atoms with Gasteiger partial charge in [0.1, 0.15) is 0 Å². The molecule has 4 heteroatoms. The Kier molecular flexibility index (Phi) is 5.77. The lowest BCUT2D eigenvalue weighted by molar-refractivity contribution is 0.230. The van der Waals surface area contributed by atoms with E-state index in [1.165, 1.54) is 5.56 Å². The van der Waals surface area contributed by atoms with Gasteiger partial charge in [-0.15, -0.1) is 0 Å². The van der Waals surface area contributed by atoms with Crippen molar-refractivity contribution >= 4 is 0 Å². The first-order valence-electron chi connectivity index (χ1n) is 8.31. The maximum atomic E-state index is 5.93. The molecule has 0 bridgehead atoms. The molecule has 3 rings (SSSR count). The topological polar surface area (TPSA) is 55.3 Å². The molecule has 0 aliphatic carbocycles. The Morgan fingerprint density at radius 1 is 0.917 bits per heavy atom. The highest BCUT2D eigenvalue weighted by atomic mass is 16.4. The first kappa shape index (κ1) is 16.4. The van der Waals surface area contributed by atoms with Gasteiger partial charge in [-0.1, -0.05) is 60.7 Å². The summed E-state index contributed by atoms with van der Waals surface area (Å²) in [5.74, 6) is 1.55. The summed E-state index contributed by atoms with van der Waals surface area (Å²) in [7, 11) is 0. The zero-order valence-electron chi connectivity index (χ0n) is 13.8. The molecular weight excluding hydrogens is 298 g/mol. The van der Waals surface area contributed by atoms with E-state index in [9.17, 15) is 0 Å². The average molecular weight is 321 g/mol. The molecule has 0 saturated carbocycles. The Morgan fingerprint density at radius 3 is 2.33 bits per heavy atom. The van der Waals surface area contributed by atoms with Crippen LogP contribution in [0.5, 0.6) is 0 Å². The van der Waals surface area contributed by atoms with Crippen LogP contribution in [0.25, 0.3) is 11.3 Å². The zero-order chi connectivity index (χ0) is 16.6. The van der Waals surface area contributed by atoms with Crippen molar-refractivity contribution < 1.29 is 4.42 Å². The maximum absolute atomic E-state index is 5.93. The molecule has 24 heavy (non-hydrogen) atoms. The van der Waals surface area contributed by atoms with E-state index in [0.29, 0.717) is 13.1 Å². The van der Waals surface area contributed by atoms with Crippen LogP contribution in [0.3, 0.4) is 0 Å². The maximum Gasteiger partial charge on any atom is 0.209 e. The molecule has 0 saturated heterocycles. The van der Waals surface area contributed by atoms with Crippen LogP contribution in [0.2, 0.25) is 0 Å². The molecule has 2 aromatic carbocycles. The summed E-state index contributed by atoms with van der Waals surface area (Å²) in [5, 5.41) is 0. The molecule has 0 amide bonds. The minimum absolute atomic E-state index is 0.682. The van der Waals surface area contributed by atoms with E-state index in [2.05, 4.69) is 34.1 Å².